The van der Waals surface area contributed by atoms with E-state index in [2.05, 4.69) is 223 Å². The molecule has 0 rings (SSSR count). The zero-order valence-corrected chi connectivity index (χ0v) is 59.6. The fraction of sp³-hybridized carbons (Fsp3) is 1.00. The van der Waals surface area contributed by atoms with Crippen LogP contribution in [-0.2, 0) is 0 Å². The zero-order valence-electron chi connectivity index (χ0n) is 59.6. The minimum Gasteiger partial charge on any atom is -0.867 e. The minimum atomic E-state index is -3.17. The highest BCUT2D eigenvalue weighted by Crippen LogP contribution is 2.02. The van der Waals surface area contributed by atoms with E-state index in [0.29, 0.717) is 0 Å². The largest absolute Gasteiger partial charge is 0.867 e. The first-order chi connectivity index (χ1) is 36.4. The summed E-state index contributed by atoms with van der Waals surface area (Å²) < 4.78 is 49.2. The molecule has 0 fully saturated rings. The van der Waals surface area contributed by atoms with Crippen molar-refractivity contribution in [3.8, 4) is 0 Å². The molecule has 0 bridgehead atoms. The van der Waals surface area contributed by atoms with Crippen molar-refractivity contribution in [2.75, 3.05) is 213 Å². The predicted molar refractivity (Wildman–Crippen MR) is 330 cm³/mol. The summed E-state index contributed by atoms with van der Waals surface area (Å²) in [6.45, 7) is 84.0. The third kappa shape index (κ3) is 88.6. The van der Waals surface area contributed by atoms with Crippen LogP contribution in [0.15, 0.2) is 0 Å². The Balaban J connectivity index is -0.0000000636. The molecule has 0 aromatic heterocycles. The van der Waals surface area contributed by atoms with E-state index in [1.165, 1.54) is 193 Å². The Bertz CT molecular complexity index is 817. The molecule has 0 N–H and O–H groups in total. The predicted octanol–water partition coefficient (Wildman–Crippen LogP) is 2.59. The molecule has 0 aromatic carbocycles. The van der Waals surface area contributed by atoms with E-state index in [0.717, 1.165) is 0 Å². The number of hydrogen-bond donors (Lipinski definition) is 0. The van der Waals surface area contributed by atoms with Crippen molar-refractivity contribution in [3.63, 3.8) is 0 Å². The van der Waals surface area contributed by atoms with Gasteiger partial charge in [0.05, 0.1) is 213 Å². The topological polar surface area (TPSA) is 184 Å². The van der Waals surface area contributed by atoms with Gasteiger partial charge in [-0.25, -0.2) is 0 Å². The van der Waals surface area contributed by atoms with Gasteiger partial charge >= 0.3 is 0 Å². The molecule has 0 aliphatic carbocycles. The summed E-state index contributed by atoms with van der Waals surface area (Å²) in [5, 5.41) is 66.4. The summed E-state index contributed by atoms with van der Waals surface area (Å²) >= 11 is 0. The Kier molecular flexibility index (Phi) is 90.6. The molecule has 0 atom stereocenters. The Morgan fingerprint density at radius 2 is 0.188 bits per heavy atom. The summed E-state index contributed by atoms with van der Waals surface area (Å²) in [7, 11) is 5.67. The first-order valence-corrected chi connectivity index (χ1v) is 30.9. The van der Waals surface area contributed by atoms with Crippen molar-refractivity contribution in [3.05, 3.63) is 0 Å². The van der Waals surface area contributed by atoms with Gasteiger partial charge in [0.1, 0.15) is 29.6 Å². The van der Waals surface area contributed by atoms with Crippen LogP contribution in [0.25, 0.3) is 0 Å². The van der Waals surface area contributed by atoms with Gasteiger partial charge < -0.3 is 93.3 Å². The lowest BCUT2D eigenvalue weighted by Crippen LogP contribution is -2.42. The molecule has 0 saturated heterocycles. The van der Waals surface area contributed by atoms with Crippen LogP contribution < -0.4 is 40.2 Å². The third-order valence-corrected chi connectivity index (χ3v) is 18.3. The quantitative estimate of drug-likeness (QED) is 0.0803. The summed E-state index contributed by atoms with van der Waals surface area (Å²) in [4.78, 5) is 0. The van der Waals surface area contributed by atoms with Gasteiger partial charge in [0.15, 0.2) is 0 Å². The van der Waals surface area contributed by atoms with E-state index in [4.69, 9.17) is 40.2 Å². The molecule has 0 amide bonds. The van der Waals surface area contributed by atoms with Crippen molar-refractivity contribution < 1.29 is 93.3 Å². The van der Waals surface area contributed by atoms with Crippen LogP contribution >= 0.6 is 0 Å². The van der Waals surface area contributed by atoms with Crippen LogP contribution in [0.2, 0.25) is 0 Å². The minimum absolute atomic E-state index is 1.21. The highest BCUT2D eigenvalue weighted by molar-refractivity contribution is 6.27. The van der Waals surface area contributed by atoms with E-state index < -0.39 is 29.6 Å². The number of halogens is 4. The fourth-order valence-electron chi connectivity index (χ4n) is 5.37. The van der Waals surface area contributed by atoms with Gasteiger partial charge in [-0.1, -0.05) is 0 Å². The molecule has 0 saturated carbocycles. The summed E-state index contributed by atoms with van der Waals surface area (Å²) in [6.07, 6.45) is 0. The zero-order chi connectivity index (χ0) is 67.3. The number of nitrogens with zero attached hydrogens (tertiary/aromatic N) is 8. The van der Waals surface area contributed by atoms with E-state index in [1.807, 2.05) is 0 Å². The van der Waals surface area contributed by atoms with Gasteiger partial charge in [-0.05, 0) is 166 Å². The van der Waals surface area contributed by atoms with E-state index in [1.54, 1.807) is 0 Å². The second kappa shape index (κ2) is 67.5. The molecule has 0 radical (unpaired) electrons. The lowest BCUT2D eigenvalue weighted by atomic mass is 10.3. The molecule has 0 heterocycles. The van der Waals surface area contributed by atoms with E-state index in [9.17, 15) is 17.3 Å². The van der Waals surface area contributed by atoms with Gasteiger partial charge in [0, 0.05) is 0 Å². The van der Waals surface area contributed by atoms with Crippen LogP contribution in [0.1, 0.15) is 166 Å². The average molecular weight is 1180 g/mol. The van der Waals surface area contributed by atoms with Crippen LogP contribution in [0.5, 0.6) is 0 Å². The van der Waals surface area contributed by atoms with Crippen LogP contribution in [0.4, 0.5) is 17.3 Å². The highest BCUT2D eigenvalue weighted by Gasteiger charge is 2.15. The summed E-state index contributed by atoms with van der Waals surface area (Å²) in [5.74, 6) is 0. The molecule has 0 unspecified atom stereocenters. The molecular weight excluding hydrogens is 1030 g/mol. The van der Waals surface area contributed by atoms with Gasteiger partial charge in [-0.2, -0.15) is 0 Å². The first kappa shape index (κ1) is 107. The summed E-state index contributed by atoms with van der Waals surface area (Å²) in [6, 6.07) is 0. The Labute approximate surface area is 500 Å². The molecule has 80 heavy (non-hydrogen) atoms. The van der Waals surface area contributed by atoms with Crippen LogP contribution in [-0.4, -0.2) is 279 Å². The smallest absolute Gasteiger partial charge is 0.121 e. The van der Waals surface area contributed by atoms with Crippen LogP contribution in [0.3, 0.4) is 0 Å². The van der Waals surface area contributed by atoms with Gasteiger partial charge in [0.25, 0.3) is 0 Å². The highest BCUT2D eigenvalue weighted by atomic mass is 19.1. The normalized spacial score (nSPS) is 10.9. The average Bonchev–Trinajstić information content (AvgIpc) is 3.45. The summed E-state index contributed by atoms with van der Waals surface area (Å²) in [5.41, 5.74) is 0. The van der Waals surface area contributed by atoms with E-state index in [-0.39, 0.29) is 0 Å². The van der Waals surface area contributed by atoms with Crippen molar-refractivity contribution in [1.82, 2.24) is 0 Å². The lowest BCUT2D eigenvalue weighted by Gasteiger charge is -2.30. The lowest BCUT2D eigenvalue weighted by molar-refractivity contribution is -0.904. The maximum atomic E-state index is 9.89. The van der Waals surface area contributed by atoms with Gasteiger partial charge in [-0.3, -0.25) is 0 Å². The Morgan fingerprint density at radius 3 is 0.188 bits per heavy atom. The van der Waals surface area contributed by atoms with Crippen molar-refractivity contribution in [1.29, 1.82) is 0 Å². The van der Waals surface area contributed by atoms with Crippen LogP contribution in [0, 0.1) is 0 Å². The first-order valence-electron chi connectivity index (χ1n) is 30.9. The molecular formula is C56H144B4F4N8O8. The number of rotatable bonds is 24. The molecule has 0 aliphatic heterocycles. The SMILES string of the molecule is CC[N+](C)(CC)CC.CC[N+](C)(CC)CC.CC[N+](C)(CC)CC.CC[N+](C)(CC)CC.CC[N+](C)(CC)CC.CC[N+](C)(CC)CC.CC[N+](C)(CC)CC.CC[N+](C)(CC)CC.[O-]B([O-])F.[O-]B([O-])F.[O-]B([O-])F.[O-]B([O-])F. The molecule has 0 aliphatic rings. The Morgan fingerprint density at radius 1 is 0.163 bits per heavy atom. The standard InChI is InChI=1S/8C7H18N.4BFO2/c8*1-5-8(4,6-2)7-3;4*2-1(3)4/h8*5-7H2,1-4H3;;;;/q8*+1;4*-2. The van der Waals surface area contributed by atoms with Crippen molar-refractivity contribution >= 4 is 29.6 Å². The molecule has 0 spiro atoms. The number of quaternary nitrogens is 8. The maximum Gasteiger partial charge on any atom is 0.121 e. The molecule has 24 heteroatoms. The molecule has 16 nitrogen and oxygen atoms in total. The Hall–Kier alpha value is -0.660. The van der Waals surface area contributed by atoms with Gasteiger partial charge in [-0.15, -0.1) is 0 Å². The van der Waals surface area contributed by atoms with Crippen molar-refractivity contribution in [2.24, 2.45) is 0 Å². The number of hydrogen-bond acceptors (Lipinski definition) is 8. The van der Waals surface area contributed by atoms with E-state index >= 15 is 0 Å². The van der Waals surface area contributed by atoms with Crippen molar-refractivity contribution in [2.45, 2.75) is 166 Å². The third-order valence-electron chi connectivity index (χ3n) is 18.3. The maximum absolute atomic E-state index is 9.89. The second-order valence-corrected chi connectivity index (χ2v) is 21.6. The second-order valence-electron chi connectivity index (χ2n) is 21.6. The monoisotopic (exact) mass is 1180 g/mol. The molecule has 0 aromatic rings. The van der Waals surface area contributed by atoms with Gasteiger partial charge in [0.2, 0.25) is 0 Å². The fourth-order valence-corrected chi connectivity index (χ4v) is 5.37. The molecule has 496 valence electrons.